The zero-order chi connectivity index (χ0) is 22.1. The van der Waals surface area contributed by atoms with Gasteiger partial charge in [0.05, 0.1) is 18.6 Å². The Morgan fingerprint density at radius 2 is 1.65 bits per heavy atom. The van der Waals surface area contributed by atoms with Gasteiger partial charge in [-0.05, 0) is 54.8 Å². The average Bonchev–Trinajstić information content (AvgIpc) is 2.77. The van der Waals surface area contributed by atoms with Crippen molar-refractivity contribution in [2.75, 3.05) is 13.2 Å². The first-order valence-corrected chi connectivity index (χ1v) is 10.5. The van der Waals surface area contributed by atoms with Gasteiger partial charge in [-0.25, -0.2) is 0 Å². The number of rotatable bonds is 9. The Hall–Kier alpha value is -3.31. The van der Waals surface area contributed by atoms with Crippen LogP contribution in [0.15, 0.2) is 72.8 Å². The lowest BCUT2D eigenvalue weighted by molar-refractivity contribution is -0.142. The molecular weight excluding hydrogens is 414 g/mol. The number of nitrogens with one attached hydrogen (secondary N) is 1. The third-order valence-electron chi connectivity index (χ3n) is 4.53. The number of para-hydroxylation sites is 1. The Balaban J connectivity index is 1.57. The lowest BCUT2D eigenvalue weighted by Crippen LogP contribution is -2.26. The van der Waals surface area contributed by atoms with Crippen LogP contribution in [0.2, 0.25) is 5.02 Å². The molecule has 1 amide bonds. The molecule has 0 spiro atoms. The number of ether oxygens (including phenoxy) is 2. The molecule has 0 aliphatic heterocycles. The summed E-state index contributed by atoms with van der Waals surface area (Å²) in [5.74, 6) is 0.586. The molecule has 0 radical (unpaired) electrons. The van der Waals surface area contributed by atoms with E-state index >= 15 is 0 Å². The second-order valence-electron chi connectivity index (χ2n) is 6.86. The first-order valence-electron chi connectivity index (χ1n) is 10.1. The zero-order valence-corrected chi connectivity index (χ0v) is 18.0. The van der Waals surface area contributed by atoms with Crippen LogP contribution in [0.25, 0.3) is 0 Å². The van der Waals surface area contributed by atoms with Crippen LogP contribution in [0.3, 0.4) is 0 Å². The van der Waals surface area contributed by atoms with Gasteiger partial charge in [0.1, 0.15) is 11.5 Å². The number of halogens is 1. The van der Waals surface area contributed by atoms with E-state index in [2.05, 4.69) is 5.32 Å². The van der Waals surface area contributed by atoms with Crippen LogP contribution in [-0.4, -0.2) is 25.0 Å². The van der Waals surface area contributed by atoms with Crippen molar-refractivity contribution in [2.45, 2.75) is 19.8 Å². The molecule has 3 aromatic rings. The van der Waals surface area contributed by atoms with Crippen LogP contribution >= 0.6 is 11.6 Å². The van der Waals surface area contributed by atoms with Gasteiger partial charge in [0.15, 0.2) is 0 Å². The molecule has 1 N–H and O–H groups in total. The maximum atomic E-state index is 12.7. The molecule has 0 aliphatic rings. The average molecular weight is 438 g/mol. The highest BCUT2D eigenvalue weighted by molar-refractivity contribution is 6.31. The summed E-state index contributed by atoms with van der Waals surface area (Å²) in [5.41, 5.74) is 2.33. The molecule has 31 heavy (non-hydrogen) atoms. The zero-order valence-electron chi connectivity index (χ0n) is 17.3. The lowest BCUT2D eigenvalue weighted by atomic mass is 10.1. The summed E-state index contributed by atoms with van der Waals surface area (Å²) in [6, 6.07) is 21.9. The fourth-order valence-electron chi connectivity index (χ4n) is 3.00. The summed E-state index contributed by atoms with van der Waals surface area (Å²) in [4.78, 5) is 24.3. The molecule has 160 valence electrons. The molecule has 6 heteroatoms. The van der Waals surface area contributed by atoms with Gasteiger partial charge in [0.25, 0.3) is 5.91 Å². The van der Waals surface area contributed by atoms with Gasteiger partial charge in [0.2, 0.25) is 0 Å². The van der Waals surface area contributed by atoms with E-state index < -0.39 is 0 Å². The van der Waals surface area contributed by atoms with Crippen LogP contribution in [0.5, 0.6) is 11.5 Å². The van der Waals surface area contributed by atoms with Gasteiger partial charge in [-0.3, -0.25) is 9.59 Å². The molecular formula is C25H24ClNO4. The minimum Gasteiger partial charge on any atom is -0.466 e. The van der Waals surface area contributed by atoms with Crippen molar-refractivity contribution in [1.82, 2.24) is 5.32 Å². The van der Waals surface area contributed by atoms with E-state index in [1.54, 1.807) is 25.1 Å². The van der Waals surface area contributed by atoms with Gasteiger partial charge < -0.3 is 14.8 Å². The molecule has 0 aliphatic carbocycles. The third-order valence-corrected chi connectivity index (χ3v) is 4.77. The first-order chi connectivity index (χ1) is 15.0. The maximum Gasteiger partial charge on any atom is 0.310 e. The van der Waals surface area contributed by atoms with Crippen LogP contribution in [0.4, 0.5) is 0 Å². The molecule has 0 saturated carbocycles. The summed E-state index contributed by atoms with van der Waals surface area (Å²) in [5, 5.41) is 3.37. The van der Waals surface area contributed by atoms with Crippen molar-refractivity contribution in [1.29, 1.82) is 0 Å². The van der Waals surface area contributed by atoms with Crippen LogP contribution in [0, 0.1) is 0 Å². The second kappa shape index (κ2) is 11.2. The quantitative estimate of drug-likeness (QED) is 0.467. The van der Waals surface area contributed by atoms with Gasteiger partial charge >= 0.3 is 5.97 Å². The van der Waals surface area contributed by atoms with Crippen molar-refractivity contribution in [3.05, 3.63) is 94.5 Å². The Morgan fingerprint density at radius 1 is 0.935 bits per heavy atom. The van der Waals surface area contributed by atoms with Crippen molar-refractivity contribution in [3.8, 4) is 11.5 Å². The fourth-order valence-corrected chi connectivity index (χ4v) is 3.17. The highest BCUT2D eigenvalue weighted by atomic mass is 35.5. The van der Waals surface area contributed by atoms with Gasteiger partial charge in [-0.2, -0.15) is 0 Å². The molecule has 0 heterocycles. The molecule has 5 nitrogen and oxygen atoms in total. The van der Waals surface area contributed by atoms with Crippen molar-refractivity contribution < 1.29 is 19.1 Å². The van der Waals surface area contributed by atoms with E-state index in [-0.39, 0.29) is 18.3 Å². The number of benzene rings is 3. The molecule has 0 aromatic heterocycles. The number of carbonyl (C=O) groups excluding carboxylic acids is 2. The highest BCUT2D eigenvalue weighted by Crippen LogP contribution is 2.27. The number of hydrogen-bond acceptors (Lipinski definition) is 4. The minimum absolute atomic E-state index is 0.238. The Morgan fingerprint density at radius 3 is 2.35 bits per heavy atom. The van der Waals surface area contributed by atoms with Crippen LogP contribution in [0.1, 0.15) is 28.4 Å². The SMILES string of the molecule is CCOC(=O)Cc1ccc(CCNC(=O)c2cc(Cl)ccc2Oc2ccccc2)cc1. The van der Waals surface area contributed by atoms with Crippen molar-refractivity contribution in [2.24, 2.45) is 0 Å². The fraction of sp³-hybridized carbons (Fsp3) is 0.200. The number of carbonyl (C=O) groups is 2. The van der Waals surface area contributed by atoms with Crippen molar-refractivity contribution in [3.63, 3.8) is 0 Å². The summed E-state index contributed by atoms with van der Waals surface area (Å²) in [7, 11) is 0. The van der Waals surface area contributed by atoms with Crippen molar-refractivity contribution >= 4 is 23.5 Å². The smallest absolute Gasteiger partial charge is 0.310 e. The molecule has 0 unspecified atom stereocenters. The molecule has 3 aromatic carbocycles. The van der Waals surface area contributed by atoms with Crippen LogP contribution < -0.4 is 10.1 Å². The molecule has 0 fully saturated rings. The highest BCUT2D eigenvalue weighted by Gasteiger charge is 2.14. The van der Waals surface area contributed by atoms with Gasteiger partial charge in [0, 0.05) is 11.6 Å². The van der Waals surface area contributed by atoms with Gasteiger partial charge in [-0.1, -0.05) is 54.1 Å². The Labute approximate surface area is 187 Å². The van der Waals surface area contributed by atoms with E-state index in [1.807, 2.05) is 54.6 Å². The van der Waals surface area contributed by atoms with E-state index in [4.69, 9.17) is 21.1 Å². The Bertz CT molecular complexity index is 1020. The largest absolute Gasteiger partial charge is 0.466 e. The predicted octanol–water partition coefficient (Wildman–Crippen LogP) is 5.21. The number of esters is 1. The monoisotopic (exact) mass is 437 g/mol. The minimum atomic E-state index is -0.257. The Kier molecular flexibility index (Phi) is 8.07. The van der Waals surface area contributed by atoms with E-state index in [1.165, 1.54) is 0 Å². The molecule has 0 bridgehead atoms. The normalized spacial score (nSPS) is 10.4. The van der Waals surface area contributed by atoms with Gasteiger partial charge in [-0.15, -0.1) is 0 Å². The molecule has 0 atom stereocenters. The van der Waals surface area contributed by atoms with E-state index in [0.717, 1.165) is 11.1 Å². The summed E-state index contributed by atoms with van der Waals surface area (Å²) in [6.45, 7) is 2.62. The van der Waals surface area contributed by atoms with E-state index in [9.17, 15) is 9.59 Å². The summed E-state index contributed by atoms with van der Waals surface area (Å²) >= 11 is 6.10. The number of hydrogen-bond donors (Lipinski definition) is 1. The number of amides is 1. The predicted molar refractivity (Wildman–Crippen MR) is 121 cm³/mol. The lowest BCUT2D eigenvalue weighted by Gasteiger charge is -2.12. The summed E-state index contributed by atoms with van der Waals surface area (Å²) in [6.07, 6.45) is 0.907. The summed E-state index contributed by atoms with van der Waals surface area (Å²) < 4.78 is 10.8. The molecule has 3 rings (SSSR count). The third kappa shape index (κ3) is 6.86. The topological polar surface area (TPSA) is 64.6 Å². The van der Waals surface area contributed by atoms with Crippen LogP contribution in [-0.2, 0) is 22.4 Å². The standard InChI is InChI=1S/C25H24ClNO4/c1-2-30-24(28)16-19-10-8-18(9-11-19)14-15-27-25(29)22-17-20(26)12-13-23(22)31-21-6-4-3-5-7-21/h3-13,17H,2,14-16H2,1H3,(H,27,29). The first kappa shape index (κ1) is 22.4. The molecule has 0 saturated heterocycles. The van der Waals surface area contributed by atoms with E-state index in [0.29, 0.717) is 41.7 Å². The second-order valence-corrected chi connectivity index (χ2v) is 7.30. The maximum absolute atomic E-state index is 12.7.